The highest BCUT2D eigenvalue weighted by Gasteiger charge is 2.32. The van der Waals surface area contributed by atoms with E-state index < -0.39 is 0 Å². The van der Waals surface area contributed by atoms with Crippen molar-refractivity contribution < 1.29 is 4.79 Å². The van der Waals surface area contributed by atoms with Gasteiger partial charge in [-0.3, -0.25) is 0 Å². The molecule has 0 fully saturated rings. The Morgan fingerprint density at radius 3 is 1.86 bits per heavy atom. The van der Waals surface area contributed by atoms with Gasteiger partial charge in [0.05, 0.1) is 5.68 Å². The minimum Gasteiger partial charge on any atom is -0.312 e. The molecule has 2 heteroatoms. The van der Waals surface area contributed by atoms with E-state index in [2.05, 4.69) is 41.5 Å². The summed E-state index contributed by atoms with van der Waals surface area (Å²) in [4.78, 5) is 11.6. The van der Waals surface area contributed by atoms with E-state index in [4.69, 9.17) is 0 Å². The summed E-state index contributed by atoms with van der Waals surface area (Å²) in [7, 11) is 1.72. The molecular formula is C12H25BO. The highest BCUT2D eigenvalue weighted by Crippen LogP contribution is 2.37. The average Bonchev–Trinajstić information content (AvgIpc) is 1.98. The molecule has 0 radical (unpaired) electrons. The number of hydrogen-bond donors (Lipinski definition) is 0. The van der Waals surface area contributed by atoms with Crippen molar-refractivity contribution >= 4 is 13.5 Å². The van der Waals surface area contributed by atoms with Crippen LogP contribution in [-0.4, -0.2) is 13.5 Å². The Hall–Kier alpha value is -0.265. The van der Waals surface area contributed by atoms with Crippen LogP contribution in [0, 0.1) is 16.7 Å². The summed E-state index contributed by atoms with van der Waals surface area (Å²) in [5.74, 6) is 0.192. The lowest BCUT2D eigenvalue weighted by Crippen LogP contribution is -2.33. The summed E-state index contributed by atoms with van der Waals surface area (Å²) in [5.41, 5.74) is 0.709. The van der Waals surface area contributed by atoms with E-state index in [9.17, 15) is 4.79 Å². The van der Waals surface area contributed by atoms with Crippen LogP contribution in [0.2, 0.25) is 0 Å². The average molecular weight is 196 g/mol. The Kier molecular flexibility index (Phi) is 4.42. The van der Waals surface area contributed by atoms with E-state index in [0.29, 0.717) is 5.68 Å². The van der Waals surface area contributed by atoms with Gasteiger partial charge in [0.15, 0.2) is 7.85 Å². The first-order chi connectivity index (χ1) is 6.10. The minimum atomic E-state index is 0.0955. The predicted molar refractivity (Wildman–Crippen MR) is 65.2 cm³/mol. The molecule has 0 rings (SSSR count). The van der Waals surface area contributed by atoms with Crippen molar-refractivity contribution in [2.24, 2.45) is 16.7 Å². The molecule has 0 aromatic rings. The lowest BCUT2D eigenvalue weighted by molar-refractivity contribution is -0.119. The first kappa shape index (κ1) is 13.7. The highest BCUT2D eigenvalue weighted by atomic mass is 16.1. The second-order valence-electron chi connectivity index (χ2n) is 6.25. The summed E-state index contributed by atoms with van der Waals surface area (Å²) in [6.07, 6.45) is 2.13. The smallest absolute Gasteiger partial charge is 0.187 e. The van der Waals surface area contributed by atoms with E-state index in [0.717, 1.165) is 12.8 Å². The van der Waals surface area contributed by atoms with Gasteiger partial charge in [0.1, 0.15) is 0 Å². The third kappa shape index (κ3) is 4.30. The van der Waals surface area contributed by atoms with E-state index in [-0.39, 0.29) is 16.7 Å². The predicted octanol–water partition coefficient (Wildman–Crippen LogP) is 2.63. The Labute approximate surface area is 90.1 Å². The molecule has 82 valence electrons. The first-order valence-electron chi connectivity index (χ1n) is 5.60. The van der Waals surface area contributed by atoms with Crippen molar-refractivity contribution in [1.29, 1.82) is 0 Å². The van der Waals surface area contributed by atoms with Gasteiger partial charge < -0.3 is 4.79 Å². The molecule has 0 aromatic carbocycles. The number of hydrogen-bond acceptors (Lipinski definition) is 1. The summed E-state index contributed by atoms with van der Waals surface area (Å²) in [6, 6.07) is 0. The maximum atomic E-state index is 11.6. The molecule has 0 heterocycles. The van der Waals surface area contributed by atoms with Gasteiger partial charge in [-0.1, -0.05) is 48.0 Å². The largest absolute Gasteiger partial charge is 0.312 e. The number of carbonyl (C=O) groups excluding carboxylic acids is 1. The number of rotatable bonds is 4. The molecule has 0 aliphatic carbocycles. The van der Waals surface area contributed by atoms with Crippen molar-refractivity contribution in [1.82, 2.24) is 0 Å². The molecule has 0 N–H and O–H groups in total. The summed E-state index contributed by atoms with van der Waals surface area (Å²) in [6.45, 7) is 13.2. The topological polar surface area (TPSA) is 17.1 Å². The second kappa shape index (κ2) is 4.50. The summed E-state index contributed by atoms with van der Waals surface area (Å²) >= 11 is 0. The van der Waals surface area contributed by atoms with Gasteiger partial charge >= 0.3 is 0 Å². The zero-order valence-corrected chi connectivity index (χ0v) is 10.9. The highest BCUT2D eigenvalue weighted by molar-refractivity contribution is 6.58. The van der Waals surface area contributed by atoms with Crippen LogP contribution >= 0.6 is 0 Å². The lowest BCUT2D eigenvalue weighted by atomic mass is 9.65. The van der Waals surface area contributed by atoms with Crippen molar-refractivity contribution in [3.8, 4) is 0 Å². The van der Waals surface area contributed by atoms with Gasteiger partial charge in [0, 0.05) is 5.92 Å². The first-order valence-corrected chi connectivity index (χ1v) is 5.60. The van der Waals surface area contributed by atoms with E-state index in [1.54, 1.807) is 7.85 Å². The zero-order valence-electron chi connectivity index (χ0n) is 10.9. The van der Waals surface area contributed by atoms with Crippen molar-refractivity contribution in [3.63, 3.8) is 0 Å². The molecule has 1 nitrogen and oxygen atoms in total. The Balaban J connectivity index is 4.64. The molecule has 1 atom stereocenters. The van der Waals surface area contributed by atoms with Crippen molar-refractivity contribution in [2.75, 3.05) is 0 Å². The molecule has 0 bridgehead atoms. The minimum absolute atomic E-state index is 0.0955. The summed E-state index contributed by atoms with van der Waals surface area (Å²) in [5, 5.41) is 0. The zero-order chi connectivity index (χ0) is 11.6. The Morgan fingerprint density at radius 1 is 1.21 bits per heavy atom. The van der Waals surface area contributed by atoms with E-state index in [1.165, 1.54) is 0 Å². The van der Waals surface area contributed by atoms with Gasteiger partial charge in [-0.05, 0) is 17.3 Å². The van der Waals surface area contributed by atoms with Crippen LogP contribution in [0.1, 0.15) is 54.4 Å². The van der Waals surface area contributed by atoms with E-state index >= 15 is 0 Å². The third-order valence-electron chi connectivity index (χ3n) is 3.25. The maximum Gasteiger partial charge on any atom is 0.187 e. The number of carbonyl (C=O) groups is 1. The van der Waals surface area contributed by atoms with Crippen LogP contribution in [0.15, 0.2) is 0 Å². The van der Waals surface area contributed by atoms with Gasteiger partial charge in [-0.25, -0.2) is 0 Å². The van der Waals surface area contributed by atoms with Crippen LogP contribution < -0.4 is 0 Å². The molecule has 0 aromatic heterocycles. The molecule has 0 aliphatic heterocycles. The normalized spacial score (nSPS) is 15.3. The monoisotopic (exact) mass is 196 g/mol. The van der Waals surface area contributed by atoms with Crippen LogP contribution in [0.3, 0.4) is 0 Å². The van der Waals surface area contributed by atoms with Crippen molar-refractivity contribution in [3.05, 3.63) is 0 Å². The SMILES string of the molecule is BC(=O)C(CC(C)(C)CC)C(C)(C)C. The molecule has 1 unspecified atom stereocenters. The summed E-state index contributed by atoms with van der Waals surface area (Å²) < 4.78 is 0. The molecule has 0 amide bonds. The van der Waals surface area contributed by atoms with Crippen LogP contribution in [-0.2, 0) is 4.79 Å². The van der Waals surface area contributed by atoms with Crippen molar-refractivity contribution in [2.45, 2.75) is 54.4 Å². The van der Waals surface area contributed by atoms with Gasteiger partial charge in [0.2, 0.25) is 0 Å². The van der Waals surface area contributed by atoms with Crippen LogP contribution in [0.25, 0.3) is 0 Å². The molecule has 0 spiro atoms. The van der Waals surface area contributed by atoms with Gasteiger partial charge in [-0.2, -0.15) is 0 Å². The van der Waals surface area contributed by atoms with Gasteiger partial charge in [0.25, 0.3) is 0 Å². The fourth-order valence-corrected chi connectivity index (χ4v) is 1.76. The maximum absolute atomic E-state index is 11.6. The Morgan fingerprint density at radius 2 is 1.64 bits per heavy atom. The van der Waals surface area contributed by atoms with Crippen LogP contribution in [0.4, 0.5) is 0 Å². The quantitative estimate of drug-likeness (QED) is 0.631. The lowest BCUT2D eigenvalue weighted by Gasteiger charge is -2.35. The van der Waals surface area contributed by atoms with Gasteiger partial charge in [-0.15, -0.1) is 0 Å². The van der Waals surface area contributed by atoms with E-state index in [1.807, 2.05) is 0 Å². The fraction of sp³-hybridized carbons (Fsp3) is 0.917. The molecule has 0 saturated heterocycles. The van der Waals surface area contributed by atoms with Crippen LogP contribution in [0.5, 0.6) is 0 Å². The standard InChI is InChI=1S/C12H25BO/c1-7-12(5,6)8-9(10(13)14)11(2,3)4/h9H,7-8,13H2,1-6H3. The molecule has 0 saturated carbocycles. The molecular weight excluding hydrogens is 171 g/mol. The third-order valence-corrected chi connectivity index (χ3v) is 3.25. The second-order valence-corrected chi connectivity index (χ2v) is 6.25. The molecule has 14 heavy (non-hydrogen) atoms. The Bertz CT molecular complexity index is 201. The fourth-order valence-electron chi connectivity index (χ4n) is 1.76. The molecule has 0 aliphatic rings.